The van der Waals surface area contributed by atoms with Crippen LogP contribution in [0, 0.1) is 17.1 Å². The summed E-state index contributed by atoms with van der Waals surface area (Å²) in [4.78, 5) is 16.2. The molecule has 1 fully saturated rings. The summed E-state index contributed by atoms with van der Waals surface area (Å²) in [5.41, 5.74) is 2.16. The van der Waals surface area contributed by atoms with Crippen molar-refractivity contribution >= 4 is 11.7 Å². The van der Waals surface area contributed by atoms with E-state index in [1.807, 2.05) is 18.2 Å². The van der Waals surface area contributed by atoms with Crippen LogP contribution in [0.15, 0.2) is 48.5 Å². The number of anilines is 1. The maximum absolute atomic E-state index is 13.6. The summed E-state index contributed by atoms with van der Waals surface area (Å²) in [5, 5.41) is 12.1. The third-order valence-electron chi connectivity index (χ3n) is 4.56. The van der Waals surface area contributed by atoms with Crippen molar-refractivity contribution in [3.63, 3.8) is 0 Å². The first kappa shape index (κ1) is 17.7. The van der Waals surface area contributed by atoms with E-state index in [0.717, 1.165) is 5.69 Å². The highest BCUT2D eigenvalue weighted by Gasteiger charge is 2.22. The number of hydrogen-bond donors (Lipinski definition) is 1. The molecule has 5 nitrogen and oxygen atoms in total. The average Bonchev–Trinajstić information content (AvgIpc) is 2.69. The molecule has 0 atom stereocenters. The predicted molar refractivity (Wildman–Crippen MR) is 98.4 cm³/mol. The molecule has 1 N–H and O–H groups in total. The lowest BCUT2D eigenvalue weighted by Gasteiger charge is -2.36. The average molecular weight is 352 g/mol. The third kappa shape index (κ3) is 4.12. The first-order valence-corrected chi connectivity index (χ1v) is 8.69. The van der Waals surface area contributed by atoms with Crippen LogP contribution in [-0.2, 0) is 6.42 Å². The molecule has 1 aliphatic heterocycles. The number of hydrogen-bond acceptors (Lipinski definition) is 3. The number of rotatable bonds is 4. The van der Waals surface area contributed by atoms with E-state index in [1.54, 1.807) is 29.2 Å². The lowest BCUT2D eigenvalue weighted by Crippen LogP contribution is -2.52. The summed E-state index contributed by atoms with van der Waals surface area (Å²) in [5.74, 6) is -0.244. The van der Waals surface area contributed by atoms with E-state index in [4.69, 9.17) is 0 Å². The molecule has 0 saturated carbocycles. The van der Waals surface area contributed by atoms with Gasteiger partial charge in [-0.15, -0.1) is 0 Å². The largest absolute Gasteiger partial charge is 0.367 e. The number of para-hydroxylation sites is 1. The van der Waals surface area contributed by atoms with Crippen LogP contribution in [0.1, 0.15) is 11.1 Å². The van der Waals surface area contributed by atoms with E-state index in [1.165, 1.54) is 6.07 Å². The highest BCUT2D eigenvalue weighted by Crippen LogP contribution is 2.21. The molecular weight excluding hydrogens is 331 g/mol. The first-order chi connectivity index (χ1) is 12.7. The topological polar surface area (TPSA) is 59.4 Å². The fourth-order valence-corrected chi connectivity index (χ4v) is 3.11. The number of benzene rings is 2. The normalized spacial score (nSPS) is 14.0. The van der Waals surface area contributed by atoms with Gasteiger partial charge in [0.1, 0.15) is 11.9 Å². The lowest BCUT2D eigenvalue weighted by molar-refractivity contribution is 0.194. The Morgan fingerprint density at radius 1 is 1.08 bits per heavy atom. The van der Waals surface area contributed by atoms with Crippen LogP contribution in [0.5, 0.6) is 0 Å². The standard InChI is InChI=1S/C20H21FN4O/c21-18-7-3-1-5-16(18)9-10-23-20(26)25-13-11-24(12-14-25)19-8-4-2-6-17(19)15-22/h1-8H,9-14H2,(H,23,26). The minimum atomic E-state index is -0.244. The van der Waals surface area contributed by atoms with E-state index in [9.17, 15) is 14.4 Å². The molecule has 1 heterocycles. The van der Waals surface area contributed by atoms with Crippen LogP contribution in [0.4, 0.5) is 14.9 Å². The minimum absolute atomic E-state index is 0.130. The van der Waals surface area contributed by atoms with E-state index in [2.05, 4.69) is 16.3 Å². The van der Waals surface area contributed by atoms with Crippen molar-refractivity contribution in [2.45, 2.75) is 6.42 Å². The SMILES string of the molecule is N#Cc1ccccc1N1CCN(C(=O)NCCc2ccccc2F)CC1. The van der Waals surface area contributed by atoms with Gasteiger partial charge in [0, 0.05) is 32.7 Å². The van der Waals surface area contributed by atoms with Gasteiger partial charge in [-0.3, -0.25) is 0 Å². The third-order valence-corrected chi connectivity index (χ3v) is 4.56. The molecule has 0 aromatic heterocycles. The maximum atomic E-state index is 13.6. The summed E-state index contributed by atoms with van der Waals surface area (Å²) in [7, 11) is 0. The Hall–Kier alpha value is -3.07. The van der Waals surface area contributed by atoms with Crippen LogP contribution in [0.3, 0.4) is 0 Å². The van der Waals surface area contributed by atoms with Crippen LogP contribution in [0.2, 0.25) is 0 Å². The summed E-state index contributed by atoms with van der Waals surface area (Å²) >= 11 is 0. The quantitative estimate of drug-likeness (QED) is 0.920. The van der Waals surface area contributed by atoms with Gasteiger partial charge in [0.25, 0.3) is 0 Å². The molecule has 0 spiro atoms. The zero-order valence-corrected chi connectivity index (χ0v) is 14.5. The number of nitrogens with one attached hydrogen (secondary N) is 1. The van der Waals surface area contributed by atoms with Crippen LogP contribution in [0.25, 0.3) is 0 Å². The Kier molecular flexibility index (Phi) is 5.69. The zero-order valence-electron chi connectivity index (χ0n) is 14.5. The van der Waals surface area contributed by atoms with Gasteiger partial charge in [-0.05, 0) is 30.2 Å². The molecular formula is C20H21FN4O. The van der Waals surface area contributed by atoms with Crippen molar-refractivity contribution in [1.29, 1.82) is 5.26 Å². The predicted octanol–water partition coefficient (Wildman–Crippen LogP) is 2.77. The number of halogens is 1. The Bertz CT molecular complexity index is 809. The fraction of sp³-hybridized carbons (Fsp3) is 0.300. The monoisotopic (exact) mass is 352 g/mol. The van der Waals surface area contributed by atoms with Gasteiger partial charge >= 0.3 is 6.03 Å². The Morgan fingerprint density at radius 3 is 2.50 bits per heavy atom. The van der Waals surface area contributed by atoms with Crippen molar-refractivity contribution in [3.8, 4) is 6.07 Å². The van der Waals surface area contributed by atoms with E-state index in [-0.39, 0.29) is 11.8 Å². The maximum Gasteiger partial charge on any atom is 0.317 e. The molecule has 134 valence electrons. The molecule has 0 unspecified atom stereocenters. The fourth-order valence-electron chi connectivity index (χ4n) is 3.11. The molecule has 6 heteroatoms. The molecule has 1 saturated heterocycles. The molecule has 3 rings (SSSR count). The number of carbonyl (C=O) groups excluding carboxylic acids is 1. The van der Waals surface area contributed by atoms with E-state index in [0.29, 0.717) is 50.3 Å². The molecule has 2 aromatic carbocycles. The van der Waals surface area contributed by atoms with Crippen molar-refractivity contribution in [2.24, 2.45) is 0 Å². The number of amides is 2. The van der Waals surface area contributed by atoms with E-state index < -0.39 is 0 Å². The second kappa shape index (κ2) is 8.34. The lowest BCUT2D eigenvalue weighted by atomic mass is 10.1. The molecule has 0 bridgehead atoms. The second-order valence-electron chi connectivity index (χ2n) is 6.18. The smallest absolute Gasteiger partial charge is 0.317 e. The number of nitrogens with zero attached hydrogens (tertiary/aromatic N) is 3. The van der Waals surface area contributed by atoms with Gasteiger partial charge < -0.3 is 15.1 Å². The van der Waals surface area contributed by atoms with Gasteiger partial charge in [-0.25, -0.2) is 9.18 Å². The summed E-state index contributed by atoms with van der Waals surface area (Å²) in [6.07, 6.45) is 0.466. The molecule has 2 amide bonds. The number of nitriles is 1. The van der Waals surface area contributed by atoms with Crippen molar-refractivity contribution in [2.75, 3.05) is 37.6 Å². The van der Waals surface area contributed by atoms with Crippen molar-refractivity contribution < 1.29 is 9.18 Å². The highest BCUT2D eigenvalue weighted by molar-refractivity contribution is 5.74. The molecule has 2 aromatic rings. The van der Waals surface area contributed by atoms with Crippen LogP contribution < -0.4 is 10.2 Å². The number of urea groups is 1. The Morgan fingerprint density at radius 2 is 1.77 bits per heavy atom. The number of carbonyl (C=O) groups is 1. The second-order valence-corrected chi connectivity index (χ2v) is 6.18. The van der Waals surface area contributed by atoms with Gasteiger partial charge in [0.2, 0.25) is 0 Å². The minimum Gasteiger partial charge on any atom is -0.367 e. The number of piperazine rings is 1. The summed E-state index contributed by atoms with van der Waals surface area (Å²) in [6, 6.07) is 16.2. The summed E-state index contributed by atoms with van der Waals surface area (Å²) < 4.78 is 13.6. The van der Waals surface area contributed by atoms with Crippen molar-refractivity contribution in [3.05, 3.63) is 65.5 Å². The zero-order chi connectivity index (χ0) is 18.4. The van der Waals surface area contributed by atoms with Gasteiger partial charge in [0.05, 0.1) is 11.3 Å². The van der Waals surface area contributed by atoms with Gasteiger partial charge in [-0.2, -0.15) is 5.26 Å². The molecule has 26 heavy (non-hydrogen) atoms. The Balaban J connectivity index is 1.48. The summed E-state index contributed by atoms with van der Waals surface area (Å²) in [6.45, 7) is 2.94. The van der Waals surface area contributed by atoms with Crippen LogP contribution in [-0.4, -0.2) is 43.7 Å². The first-order valence-electron chi connectivity index (χ1n) is 8.69. The Labute approximate surface area is 152 Å². The molecule has 0 aliphatic carbocycles. The van der Waals surface area contributed by atoms with Crippen LogP contribution >= 0.6 is 0 Å². The molecule has 0 radical (unpaired) electrons. The highest BCUT2D eigenvalue weighted by atomic mass is 19.1. The molecule has 1 aliphatic rings. The van der Waals surface area contributed by atoms with Crippen molar-refractivity contribution in [1.82, 2.24) is 10.2 Å². The van der Waals surface area contributed by atoms with Gasteiger partial charge in [0.15, 0.2) is 0 Å². The van der Waals surface area contributed by atoms with E-state index >= 15 is 0 Å². The van der Waals surface area contributed by atoms with Gasteiger partial charge in [-0.1, -0.05) is 30.3 Å².